The van der Waals surface area contributed by atoms with Gasteiger partial charge in [-0.05, 0) is 29.8 Å². The lowest BCUT2D eigenvalue weighted by atomic mass is 10.1. The minimum absolute atomic E-state index is 0.00690. The van der Waals surface area contributed by atoms with Crippen LogP contribution >= 0.6 is 11.7 Å². The van der Waals surface area contributed by atoms with E-state index in [0.29, 0.717) is 42.8 Å². The zero-order chi connectivity index (χ0) is 23.5. The zero-order valence-corrected chi connectivity index (χ0v) is 19.7. The van der Waals surface area contributed by atoms with Crippen LogP contribution < -0.4 is 9.62 Å². The maximum Gasteiger partial charge on any atom is 0.245 e. The maximum absolute atomic E-state index is 13.6. The zero-order valence-electron chi connectivity index (χ0n) is 18.1. The Bertz CT molecular complexity index is 1390. The highest BCUT2D eigenvalue weighted by Gasteiger charge is 2.33. The smallest absolute Gasteiger partial charge is 0.245 e. The van der Waals surface area contributed by atoms with Gasteiger partial charge in [-0.1, -0.05) is 42.5 Å². The molecular formula is C23H22N6O3S2. The SMILES string of the molecule is O=C([C@@H](NS(=O)(=O)c1cccc2nsnc12)c1ccccc1)N1CCN(c2ccccn2)CC1. The summed E-state index contributed by atoms with van der Waals surface area (Å²) in [7, 11) is -4.06. The summed E-state index contributed by atoms with van der Waals surface area (Å²) in [4.78, 5) is 21.8. The van der Waals surface area contributed by atoms with Gasteiger partial charge >= 0.3 is 0 Å². The molecule has 0 saturated carbocycles. The number of pyridine rings is 1. The van der Waals surface area contributed by atoms with E-state index < -0.39 is 16.1 Å². The molecule has 1 N–H and O–H groups in total. The number of rotatable bonds is 6. The molecule has 0 radical (unpaired) electrons. The topological polar surface area (TPSA) is 108 Å². The molecule has 0 aliphatic carbocycles. The van der Waals surface area contributed by atoms with Crippen molar-refractivity contribution in [2.75, 3.05) is 31.1 Å². The summed E-state index contributed by atoms with van der Waals surface area (Å²) in [6.07, 6.45) is 1.74. The normalized spacial score (nSPS) is 15.4. The second-order valence-corrected chi connectivity index (χ2v) is 10.1. The molecule has 4 aromatic rings. The Balaban J connectivity index is 1.40. The Morgan fingerprint density at radius 3 is 2.41 bits per heavy atom. The van der Waals surface area contributed by atoms with Crippen LogP contribution in [0.1, 0.15) is 11.6 Å². The van der Waals surface area contributed by atoms with Gasteiger partial charge in [-0.25, -0.2) is 13.4 Å². The Morgan fingerprint density at radius 2 is 1.68 bits per heavy atom. The van der Waals surface area contributed by atoms with E-state index in [2.05, 4.69) is 23.4 Å². The number of benzene rings is 2. The van der Waals surface area contributed by atoms with Crippen LogP contribution in [0.5, 0.6) is 0 Å². The van der Waals surface area contributed by atoms with Crippen LogP contribution in [0, 0.1) is 0 Å². The van der Waals surface area contributed by atoms with Gasteiger partial charge < -0.3 is 9.80 Å². The summed E-state index contributed by atoms with van der Waals surface area (Å²) >= 11 is 0.949. The van der Waals surface area contributed by atoms with Crippen molar-refractivity contribution in [1.82, 2.24) is 23.4 Å². The minimum Gasteiger partial charge on any atom is -0.353 e. The summed E-state index contributed by atoms with van der Waals surface area (Å²) < 4.78 is 37.7. The molecule has 0 unspecified atom stereocenters. The number of carbonyl (C=O) groups excluding carboxylic acids is 1. The molecule has 1 aliphatic heterocycles. The van der Waals surface area contributed by atoms with Crippen LogP contribution in [0.4, 0.5) is 5.82 Å². The van der Waals surface area contributed by atoms with Crippen LogP contribution in [0.25, 0.3) is 11.0 Å². The van der Waals surface area contributed by atoms with Gasteiger partial charge in [0.2, 0.25) is 15.9 Å². The molecule has 1 aliphatic rings. The van der Waals surface area contributed by atoms with E-state index >= 15 is 0 Å². The molecule has 174 valence electrons. The Labute approximate surface area is 201 Å². The average Bonchev–Trinajstić information content (AvgIpc) is 3.37. The third kappa shape index (κ3) is 4.49. The fraction of sp³-hybridized carbons (Fsp3) is 0.217. The lowest BCUT2D eigenvalue weighted by Crippen LogP contribution is -2.52. The third-order valence-corrected chi connectivity index (χ3v) is 7.75. The molecule has 2 aromatic heterocycles. The predicted molar refractivity (Wildman–Crippen MR) is 130 cm³/mol. The molecule has 2 aromatic carbocycles. The van der Waals surface area contributed by atoms with Crippen molar-refractivity contribution >= 4 is 44.5 Å². The van der Waals surface area contributed by atoms with Crippen molar-refractivity contribution in [3.05, 3.63) is 78.5 Å². The van der Waals surface area contributed by atoms with Gasteiger partial charge in [0.15, 0.2) is 0 Å². The Hall–Kier alpha value is -3.41. The highest BCUT2D eigenvalue weighted by molar-refractivity contribution is 7.89. The highest BCUT2D eigenvalue weighted by atomic mass is 32.2. The van der Waals surface area contributed by atoms with Crippen LogP contribution in [0.3, 0.4) is 0 Å². The first-order valence-corrected chi connectivity index (χ1v) is 13.0. The third-order valence-electron chi connectivity index (χ3n) is 5.76. The van der Waals surface area contributed by atoms with E-state index in [4.69, 9.17) is 0 Å². The molecule has 1 fully saturated rings. The van der Waals surface area contributed by atoms with Gasteiger partial charge in [0.25, 0.3) is 0 Å². The number of nitrogens with zero attached hydrogens (tertiary/aromatic N) is 5. The second kappa shape index (κ2) is 9.45. The number of aromatic nitrogens is 3. The summed E-state index contributed by atoms with van der Waals surface area (Å²) in [5, 5.41) is 0. The second-order valence-electron chi connectivity index (χ2n) is 7.85. The molecule has 0 spiro atoms. The highest BCUT2D eigenvalue weighted by Crippen LogP contribution is 2.25. The number of hydrogen-bond acceptors (Lipinski definition) is 8. The molecule has 0 bridgehead atoms. The van der Waals surface area contributed by atoms with Gasteiger partial charge in [0.1, 0.15) is 27.8 Å². The quantitative estimate of drug-likeness (QED) is 0.439. The summed E-state index contributed by atoms with van der Waals surface area (Å²) in [6, 6.07) is 18.4. The minimum atomic E-state index is -4.06. The molecule has 1 saturated heterocycles. The number of fused-ring (bicyclic) bond motifs is 1. The first-order chi connectivity index (χ1) is 16.5. The van der Waals surface area contributed by atoms with Crippen LogP contribution in [0.15, 0.2) is 77.8 Å². The fourth-order valence-electron chi connectivity index (χ4n) is 4.00. The Kier molecular flexibility index (Phi) is 6.22. The van der Waals surface area contributed by atoms with Gasteiger partial charge in [-0.2, -0.15) is 13.5 Å². The van der Waals surface area contributed by atoms with E-state index in [9.17, 15) is 13.2 Å². The van der Waals surface area contributed by atoms with Crippen molar-refractivity contribution in [1.29, 1.82) is 0 Å². The van der Waals surface area contributed by atoms with Gasteiger partial charge in [-0.15, -0.1) is 0 Å². The summed E-state index contributed by atoms with van der Waals surface area (Å²) in [6.45, 7) is 2.15. The van der Waals surface area contributed by atoms with Gasteiger partial charge in [-0.3, -0.25) is 4.79 Å². The lowest BCUT2D eigenvalue weighted by Gasteiger charge is -2.37. The molecule has 1 amide bonds. The van der Waals surface area contributed by atoms with Crippen LogP contribution in [-0.2, 0) is 14.8 Å². The first kappa shape index (κ1) is 22.4. The molecule has 9 nitrogen and oxygen atoms in total. The molecule has 3 heterocycles. The molecule has 5 rings (SSSR count). The van der Waals surface area contributed by atoms with Crippen molar-refractivity contribution in [3.63, 3.8) is 0 Å². The molecule has 11 heteroatoms. The lowest BCUT2D eigenvalue weighted by molar-refractivity contribution is -0.133. The van der Waals surface area contributed by atoms with E-state index in [1.165, 1.54) is 6.07 Å². The van der Waals surface area contributed by atoms with E-state index in [-0.39, 0.29) is 10.8 Å². The van der Waals surface area contributed by atoms with Crippen LogP contribution in [0.2, 0.25) is 0 Å². The van der Waals surface area contributed by atoms with Crippen molar-refractivity contribution in [3.8, 4) is 0 Å². The fourth-order valence-corrected chi connectivity index (χ4v) is 5.95. The predicted octanol–water partition coefficient (Wildman–Crippen LogP) is 2.45. The first-order valence-electron chi connectivity index (χ1n) is 10.8. The van der Waals surface area contributed by atoms with E-state index in [1.807, 2.05) is 24.3 Å². The Morgan fingerprint density at radius 1 is 0.912 bits per heavy atom. The average molecular weight is 495 g/mol. The van der Waals surface area contributed by atoms with E-state index in [0.717, 1.165) is 17.5 Å². The van der Waals surface area contributed by atoms with Crippen LogP contribution in [-0.4, -0.2) is 59.1 Å². The molecular weight excluding hydrogens is 472 g/mol. The number of sulfonamides is 1. The number of hydrogen-bond donors (Lipinski definition) is 1. The van der Waals surface area contributed by atoms with Gasteiger partial charge in [0.05, 0.1) is 11.7 Å². The van der Waals surface area contributed by atoms with E-state index in [1.54, 1.807) is 47.5 Å². The largest absolute Gasteiger partial charge is 0.353 e. The summed E-state index contributed by atoms with van der Waals surface area (Å²) in [5.74, 6) is 0.568. The standard InChI is InChI=1S/C23H22N6O3S2/c30-23(29-15-13-28(14-16-29)20-11-4-5-12-24-20)21(17-7-2-1-3-8-17)27-34(31,32)19-10-6-9-18-22(19)26-33-25-18/h1-12,21,27H,13-16H2/t21-/m0/s1. The number of nitrogens with one attached hydrogen (secondary N) is 1. The number of carbonyl (C=O) groups is 1. The van der Waals surface area contributed by atoms with Crippen molar-refractivity contribution < 1.29 is 13.2 Å². The number of anilines is 1. The van der Waals surface area contributed by atoms with Crippen molar-refractivity contribution in [2.24, 2.45) is 0 Å². The van der Waals surface area contributed by atoms with Crippen molar-refractivity contribution in [2.45, 2.75) is 10.9 Å². The number of amides is 1. The molecule has 1 atom stereocenters. The summed E-state index contributed by atoms with van der Waals surface area (Å²) in [5.41, 5.74) is 1.37. The number of piperazine rings is 1. The molecule has 34 heavy (non-hydrogen) atoms. The van der Waals surface area contributed by atoms with Gasteiger partial charge in [0, 0.05) is 32.4 Å². The monoisotopic (exact) mass is 494 g/mol. The maximum atomic E-state index is 13.6.